The summed E-state index contributed by atoms with van der Waals surface area (Å²) in [7, 11) is 0. The van der Waals surface area contributed by atoms with E-state index in [9.17, 15) is 14.0 Å². The number of ether oxygens (including phenoxy) is 1. The maximum atomic E-state index is 12.9. The van der Waals surface area contributed by atoms with Crippen LogP contribution in [0, 0.1) is 9.77 Å². The van der Waals surface area contributed by atoms with E-state index >= 15 is 0 Å². The van der Waals surface area contributed by atoms with Gasteiger partial charge in [-0.3, -0.25) is 4.79 Å². The third-order valence-electron chi connectivity index (χ3n) is 3.55. The van der Waals surface area contributed by atoms with Gasteiger partial charge in [0.2, 0.25) is 0 Å². The van der Waals surface area contributed by atoms with Gasteiger partial charge in [-0.05, 0) is 67.0 Å². The fourth-order valence-electron chi connectivity index (χ4n) is 2.18. The van der Waals surface area contributed by atoms with Gasteiger partial charge >= 0.3 is 5.97 Å². The topological polar surface area (TPSA) is 61.2 Å². The van der Waals surface area contributed by atoms with E-state index in [4.69, 9.17) is 17.0 Å². The van der Waals surface area contributed by atoms with Crippen LogP contribution in [0.5, 0.6) is 0 Å². The van der Waals surface area contributed by atoms with Crippen molar-refractivity contribution < 1.29 is 18.7 Å². The quantitative estimate of drug-likeness (QED) is 0.252. The Hall–Kier alpha value is -2.36. The number of Topliss-reactive ketones (excluding diaryl/α,β-unsaturated/α-hetero) is 1. The lowest BCUT2D eigenvalue weighted by Gasteiger charge is -2.06. The minimum absolute atomic E-state index is 0.280. The highest BCUT2D eigenvalue weighted by atomic mass is 32.2. The normalized spacial score (nSPS) is 10.6. The fraction of sp³-hybridized carbons (Fsp3) is 0.111. The first kappa shape index (κ1) is 19.4. The van der Waals surface area contributed by atoms with Gasteiger partial charge in [0.05, 0.1) is 11.3 Å². The molecular weight excluding hydrogens is 407 g/mol. The van der Waals surface area contributed by atoms with E-state index in [0.717, 1.165) is 10.0 Å². The second-order valence-electron chi connectivity index (χ2n) is 5.30. The molecule has 0 radical (unpaired) electrons. The second-order valence-corrected chi connectivity index (χ2v) is 7.98. The first-order chi connectivity index (χ1) is 13.0. The van der Waals surface area contributed by atoms with E-state index in [2.05, 4.69) is 5.10 Å². The van der Waals surface area contributed by atoms with Crippen LogP contribution in [0.15, 0.2) is 52.9 Å². The summed E-state index contributed by atoms with van der Waals surface area (Å²) >= 11 is 8.20. The number of benzene rings is 2. The summed E-state index contributed by atoms with van der Waals surface area (Å²) in [6.45, 7) is -0.416. The maximum absolute atomic E-state index is 12.9. The van der Waals surface area contributed by atoms with Crippen LogP contribution in [0.4, 0.5) is 4.39 Å². The highest BCUT2D eigenvalue weighted by molar-refractivity contribution is 8.00. The molecule has 3 aromatic rings. The molecule has 0 fully saturated rings. The first-order valence-electron chi connectivity index (χ1n) is 7.68. The summed E-state index contributed by atoms with van der Waals surface area (Å²) < 4.78 is 21.0. The molecular formula is C18H13FN2O3S3. The summed E-state index contributed by atoms with van der Waals surface area (Å²) in [5.74, 6) is -1.46. The molecule has 9 heteroatoms. The molecule has 0 aliphatic carbocycles. The molecule has 138 valence electrons. The van der Waals surface area contributed by atoms with E-state index in [1.807, 2.05) is 6.26 Å². The lowest BCUT2D eigenvalue weighted by molar-refractivity contribution is 0.0474. The molecule has 0 saturated carbocycles. The van der Waals surface area contributed by atoms with Crippen molar-refractivity contribution in [3.8, 4) is 5.69 Å². The van der Waals surface area contributed by atoms with E-state index in [1.54, 1.807) is 28.9 Å². The predicted molar refractivity (Wildman–Crippen MR) is 105 cm³/mol. The van der Waals surface area contributed by atoms with Gasteiger partial charge in [-0.25, -0.2) is 13.9 Å². The molecule has 0 atom stereocenters. The van der Waals surface area contributed by atoms with Gasteiger partial charge in [-0.15, -0.1) is 5.10 Å². The molecule has 0 amide bonds. The Balaban J connectivity index is 1.65. The summed E-state index contributed by atoms with van der Waals surface area (Å²) in [5.41, 5.74) is 1.31. The van der Waals surface area contributed by atoms with Crippen LogP contribution in [-0.4, -0.2) is 34.4 Å². The molecule has 0 saturated heterocycles. The van der Waals surface area contributed by atoms with Crippen molar-refractivity contribution in [3.05, 3.63) is 69.4 Å². The maximum Gasteiger partial charge on any atom is 0.338 e. The number of carbonyl (C=O) groups is 2. The van der Waals surface area contributed by atoms with Crippen molar-refractivity contribution in [2.24, 2.45) is 0 Å². The van der Waals surface area contributed by atoms with Crippen LogP contribution in [0.1, 0.15) is 20.7 Å². The Labute approximate surface area is 167 Å². The second kappa shape index (κ2) is 8.55. The molecule has 5 nitrogen and oxygen atoms in total. The van der Waals surface area contributed by atoms with Crippen LogP contribution in [-0.2, 0) is 4.74 Å². The van der Waals surface area contributed by atoms with Crippen LogP contribution in [0.3, 0.4) is 0 Å². The van der Waals surface area contributed by atoms with Crippen LogP contribution in [0.2, 0.25) is 0 Å². The summed E-state index contributed by atoms with van der Waals surface area (Å²) in [6.07, 6.45) is 1.92. The Bertz CT molecular complexity index is 1030. The average Bonchev–Trinajstić information content (AvgIpc) is 3.07. The number of esters is 1. The molecule has 1 heterocycles. The number of carbonyl (C=O) groups excluding carboxylic acids is 2. The van der Waals surface area contributed by atoms with Gasteiger partial charge in [0.25, 0.3) is 0 Å². The molecule has 1 aromatic heterocycles. The highest BCUT2D eigenvalue weighted by Crippen LogP contribution is 2.22. The van der Waals surface area contributed by atoms with Gasteiger partial charge in [0.15, 0.2) is 20.7 Å². The Morgan fingerprint density at radius 2 is 1.78 bits per heavy atom. The third kappa shape index (κ3) is 4.68. The SMILES string of the molecule is CSc1nn(-c2ccc(C(=O)OCC(=O)c3ccc(F)cc3)cc2)c(=S)s1. The van der Waals surface area contributed by atoms with E-state index in [-0.39, 0.29) is 5.56 Å². The van der Waals surface area contributed by atoms with Crippen LogP contribution in [0.25, 0.3) is 5.69 Å². The number of hydrogen-bond acceptors (Lipinski definition) is 7. The number of aromatic nitrogens is 2. The van der Waals surface area contributed by atoms with Gasteiger partial charge in [0.1, 0.15) is 5.82 Å². The largest absolute Gasteiger partial charge is 0.454 e. The molecule has 0 N–H and O–H groups in total. The number of nitrogens with zero attached hydrogens (tertiary/aromatic N) is 2. The summed E-state index contributed by atoms with van der Waals surface area (Å²) in [5, 5.41) is 4.38. The van der Waals surface area contributed by atoms with Crippen molar-refractivity contribution in [1.29, 1.82) is 0 Å². The van der Waals surface area contributed by atoms with Crippen molar-refractivity contribution in [2.75, 3.05) is 12.9 Å². The van der Waals surface area contributed by atoms with Crippen LogP contribution < -0.4 is 0 Å². The molecule has 0 bridgehead atoms. The lowest BCUT2D eigenvalue weighted by Crippen LogP contribution is -2.14. The zero-order valence-corrected chi connectivity index (χ0v) is 16.5. The molecule has 0 aliphatic rings. The van der Waals surface area contributed by atoms with Crippen molar-refractivity contribution >= 4 is 47.1 Å². The Morgan fingerprint density at radius 3 is 2.37 bits per heavy atom. The lowest BCUT2D eigenvalue weighted by atomic mass is 10.1. The third-order valence-corrected chi connectivity index (χ3v) is 5.76. The minimum atomic E-state index is -0.622. The molecule has 0 spiro atoms. The molecule has 2 aromatic carbocycles. The summed E-state index contributed by atoms with van der Waals surface area (Å²) in [4.78, 5) is 24.1. The van der Waals surface area contributed by atoms with Crippen molar-refractivity contribution in [1.82, 2.24) is 9.78 Å². The Kier molecular flexibility index (Phi) is 6.15. The predicted octanol–water partition coefficient (Wildman–Crippen LogP) is 4.56. The zero-order chi connectivity index (χ0) is 19.4. The highest BCUT2D eigenvalue weighted by Gasteiger charge is 2.13. The van der Waals surface area contributed by atoms with Gasteiger partial charge in [-0.2, -0.15) is 0 Å². The monoisotopic (exact) mass is 420 g/mol. The van der Waals surface area contributed by atoms with Crippen molar-refractivity contribution in [2.45, 2.75) is 4.34 Å². The molecule has 0 unspecified atom stereocenters. The minimum Gasteiger partial charge on any atom is -0.454 e. The van der Waals surface area contributed by atoms with Gasteiger partial charge in [0, 0.05) is 5.56 Å². The zero-order valence-electron chi connectivity index (χ0n) is 14.0. The standard InChI is InChI=1S/C18H13FN2O3S3/c1-26-17-20-21(18(25)27-17)14-8-4-12(5-9-14)16(23)24-10-15(22)11-2-6-13(19)7-3-11/h2-9H,10H2,1H3. The van der Waals surface area contributed by atoms with E-state index < -0.39 is 24.2 Å². The van der Waals surface area contributed by atoms with E-state index in [1.165, 1.54) is 47.4 Å². The number of rotatable bonds is 6. The number of thioether (sulfide) groups is 1. The smallest absolute Gasteiger partial charge is 0.338 e. The van der Waals surface area contributed by atoms with Gasteiger partial charge in [-0.1, -0.05) is 23.1 Å². The number of hydrogen-bond donors (Lipinski definition) is 0. The Morgan fingerprint density at radius 1 is 1.15 bits per heavy atom. The average molecular weight is 421 g/mol. The fourth-order valence-corrected chi connectivity index (χ4v) is 3.96. The molecule has 27 heavy (non-hydrogen) atoms. The number of ketones is 1. The first-order valence-corrected chi connectivity index (χ1v) is 10.1. The van der Waals surface area contributed by atoms with Crippen molar-refractivity contribution in [3.63, 3.8) is 0 Å². The number of halogens is 1. The molecule has 3 rings (SSSR count). The van der Waals surface area contributed by atoms with Gasteiger partial charge < -0.3 is 4.74 Å². The van der Waals surface area contributed by atoms with E-state index in [0.29, 0.717) is 9.52 Å². The van der Waals surface area contributed by atoms with Crippen LogP contribution >= 0.6 is 35.3 Å². The summed E-state index contributed by atoms with van der Waals surface area (Å²) in [6, 6.07) is 11.6. The molecule has 0 aliphatic heterocycles.